The maximum absolute atomic E-state index is 5.95. The van der Waals surface area contributed by atoms with E-state index in [9.17, 15) is 0 Å². The van der Waals surface area contributed by atoms with Crippen LogP contribution in [0.2, 0.25) is 0 Å². The fourth-order valence-electron chi connectivity index (χ4n) is 3.08. The van der Waals surface area contributed by atoms with Crippen LogP contribution in [0.3, 0.4) is 0 Å². The molecule has 1 atom stereocenters. The Balaban J connectivity index is 2.30. The number of piperazine rings is 1. The van der Waals surface area contributed by atoms with Gasteiger partial charge in [0.15, 0.2) is 0 Å². The number of aryl methyl sites for hydroxylation is 2. The fraction of sp³-hybridized carbons (Fsp3) is 0.625. The summed E-state index contributed by atoms with van der Waals surface area (Å²) in [6.07, 6.45) is 0. The molecule has 0 bridgehead atoms. The van der Waals surface area contributed by atoms with Gasteiger partial charge in [-0.05, 0) is 58.0 Å². The number of benzene rings is 1. The molecule has 1 aromatic rings. The number of anilines is 1. The Morgan fingerprint density at radius 2 is 1.79 bits per heavy atom. The van der Waals surface area contributed by atoms with E-state index in [1.807, 2.05) is 0 Å². The van der Waals surface area contributed by atoms with Gasteiger partial charge in [-0.3, -0.25) is 4.90 Å². The van der Waals surface area contributed by atoms with E-state index in [-0.39, 0.29) is 5.54 Å². The Morgan fingerprint density at radius 1 is 1.21 bits per heavy atom. The van der Waals surface area contributed by atoms with E-state index in [0.717, 1.165) is 13.1 Å². The lowest BCUT2D eigenvalue weighted by Gasteiger charge is -2.50. The topological polar surface area (TPSA) is 32.5 Å². The Morgan fingerprint density at radius 3 is 2.32 bits per heavy atom. The molecule has 3 nitrogen and oxygen atoms in total. The Labute approximate surface area is 117 Å². The number of nitrogens with zero attached hydrogens (tertiary/aromatic N) is 2. The van der Waals surface area contributed by atoms with Crippen LogP contribution in [0.1, 0.15) is 25.0 Å². The highest BCUT2D eigenvalue weighted by molar-refractivity contribution is 5.52. The molecule has 106 valence electrons. The lowest BCUT2D eigenvalue weighted by Crippen LogP contribution is -2.64. The van der Waals surface area contributed by atoms with Crippen molar-refractivity contribution in [1.29, 1.82) is 0 Å². The van der Waals surface area contributed by atoms with Crippen molar-refractivity contribution < 1.29 is 0 Å². The first-order chi connectivity index (χ1) is 8.83. The summed E-state index contributed by atoms with van der Waals surface area (Å²) in [6.45, 7) is 11.7. The van der Waals surface area contributed by atoms with Crippen LogP contribution >= 0.6 is 0 Å². The second-order valence-electron chi connectivity index (χ2n) is 6.54. The molecule has 1 aliphatic rings. The highest BCUT2D eigenvalue weighted by Crippen LogP contribution is 2.28. The molecule has 2 rings (SSSR count). The molecule has 0 radical (unpaired) electrons. The van der Waals surface area contributed by atoms with Crippen LogP contribution in [0.15, 0.2) is 18.2 Å². The van der Waals surface area contributed by atoms with Gasteiger partial charge in [0.05, 0.1) is 0 Å². The maximum atomic E-state index is 5.95. The van der Waals surface area contributed by atoms with Crippen molar-refractivity contribution in [3.05, 3.63) is 29.3 Å². The molecule has 1 unspecified atom stereocenters. The fourth-order valence-corrected chi connectivity index (χ4v) is 3.08. The monoisotopic (exact) mass is 261 g/mol. The molecule has 0 aromatic heterocycles. The van der Waals surface area contributed by atoms with Crippen molar-refractivity contribution in [2.75, 3.05) is 31.6 Å². The molecule has 0 spiro atoms. The van der Waals surface area contributed by atoms with Gasteiger partial charge in [-0.25, -0.2) is 0 Å². The normalized spacial score (nSPS) is 23.7. The summed E-state index contributed by atoms with van der Waals surface area (Å²) in [6, 6.07) is 7.21. The van der Waals surface area contributed by atoms with Gasteiger partial charge >= 0.3 is 0 Å². The molecule has 0 saturated carbocycles. The van der Waals surface area contributed by atoms with E-state index < -0.39 is 0 Å². The van der Waals surface area contributed by atoms with Crippen molar-refractivity contribution in [3.63, 3.8) is 0 Å². The minimum Gasteiger partial charge on any atom is -0.368 e. The second-order valence-corrected chi connectivity index (χ2v) is 6.54. The summed E-state index contributed by atoms with van der Waals surface area (Å²) >= 11 is 0. The van der Waals surface area contributed by atoms with Crippen molar-refractivity contribution >= 4 is 5.69 Å². The first-order valence-corrected chi connectivity index (χ1v) is 7.10. The molecule has 1 heterocycles. The van der Waals surface area contributed by atoms with Gasteiger partial charge in [-0.1, -0.05) is 6.07 Å². The number of rotatable bonds is 2. The first kappa shape index (κ1) is 14.4. The maximum Gasteiger partial charge on any atom is 0.0396 e. The summed E-state index contributed by atoms with van der Waals surface area (Å²) in [4.78, 5) is 4.91. The van der Waals surface area contributed by atoms with Gasteiger partial charge in [0.25, 0.3) is 0 Å². The van der Waals surface area contributed by atoms with Gasteiger partial charge in [0, 0.05) is 36.9 Å². The predicted octanol–water partition coefficient (Wildman–Crippen LogP) is 2.16. The van der Waals surface area contributed by atoms with Gasteiger partial charge in [-0.15, -0.1) is 0 Å². The van der Waals surface area contributed by atoms with Crippen molar-refractivity contribution in [1.82, 2.24) is 4.90 Å². The molecule has 1 fully saturated rings. The van der Waals surface area contributed by atoms with Crippen LogP contribution in [0, 0.1) is 13.8 Å². The summed E-state index contributed by atoms with van der Waals surface area (Å²) in [7, 11) is 2.19. The van der Waals surface area contributed by atoms with Crippen molar-refractivity contribution in [2.45, 2.75) is 39.3 Å². The van der Waals surface area contributed by atoms with Gasteiger partial charge in [0.2, 0.25) is 0 Å². The SMILES string of the molecule is Cc1cc(C)cc(N2CC(CN)N(C)C(C)(C)C2)c1. The Bertz CT molecular complexity index is 433. The smallest absolute Gasteiger partial charge is 0.0396 e. The molecule has 1 aromatic carbocycles. The average molecular weight is 261 g/mol. The quantitative estimate of drug-likeness (QED) is 0.885. The van der Waals surface area contributed by atoms with E-state index in [1.54, 1.807) is 0 Å². The van der Waals surface area contributed by atoms with Gasteiger partial charge in [0.1, 0.15) is 0 Å². The summed E-state index contributed by atoms with van der Waals surface area (Å²) in [5.41, 5.74) is 10.1. The second kappa shape index (κ2) is 5.14. The highest BCUT2D eigenvalue weighted by Gasteiger charge is 2.36. The third-order valence-electron chi connectivity index (χ3n) is 4.36. The third-order valence-corrected chi connectivity index (χ3v) is 4.36. The van der Waals surface area contributed by atoms with E-state index >= 15 is 0 Å². The molecular weight excluding hydrogens is 234 g/mol. The van der Waals surface area contributed by atoms with Crippen LogP contribution in [-0.2, 0) is 0 Å². The largest absolute Gasteiger partial charge is 0.368 e. The molecule has 2 N–H and O–H groups in total. The lowest BCUT2D eigenvalue weighted by molar-refractivity contribution is 0.0845. The summed E-state index contributed by atoms with van der Waals surface area (Å²) in [5.74, 6) is 0. The first-order valence-electron chi connectivity index (χ1n) is 7.10. The van der Waals surface area contributed by atoms with Crippen LogP contribution < -0.4 is 10.6 Å². The van der Waals surface area contributed by atoms with Gasteiger partial charge < -0.3 is 10.6 Å². The molecule has 1 aliphatic heterocycles. The molecular formula is C16H27N3. The number of hydrogen-bond donors (Lipinski definition) is 1. The van der Waals surface area contributed by atoms with Crippen LogP contribution in [-0.4, -0.2) is 43.2 Å². The zero-order valence-corrected chi connectivity index (χ0v) is 12.9. The number of likely N-dealkylation sites (N-methyl/N-ethyl adjacent to an activating group) is 1. The summed E-state index contributed by atoms with van der Waals surface area (Å²) in [5, 5.41) is 0. The van der Waals surface area contributed by atoms with E-state index in [0.29, 0.717) is 12.6 Å². The minimum absolute atomic E-state index is 0.153. The highest BCUT2D eigenvalue weighted by atomic mass is 15.3. The van der Waals surface area contributed by atoms with Crippen LogP contribution in [0.25, 0.3) is 0 Å². The van der Waals surface area contributed by atoms with E-state index in [4.69, 9.17) is 5.73 Å². The molecule has 0 aliphatic carbocycles. The molecule has 1 saturated heterocycles. The molecule has 0 amide bonds. The zero-order valence-electron chi connectivity index (χ0n) is 12.9. The zero-order chi connectivity index (χ0) is 14.2. The molecule has 19 heavy (non-hydrogen) atoms. The van der Waals surface area contributed by atoms with E-state index in [2.05, 4.69) is 62.7 Å². The Hall–Kier alpha value is -1.06. The van der Waals surface area contributed by atoms with Crippen molar-refractivity contribution in [3.8, 4) is 0 Å². The lowest BCUT2D eigenvalue weighted by atomic mass is 9.94. The minimum atomic E-state index is 0.153. The average Bonchev–Trinajstić information content (AvgIpc) is 2.31. The number of hydrogen-bond acceptors (Lipinski definition) is 3. The predicted molar refractivity (Wildman–Crippen MR) is 82.8 cm³/mol. The summed E-state index contributed by atoms with van der Waals surface area (Å²) < 4.78 is 0. The van der Waals surface area contributed by atoms with Crippen LogP contribution in [0.4, 0.5) is 5.69 Å². The third kappa shape index (κ3) is 2.93. The standard InChI is InChI=1S/C16H27N3/c1-12-6-13(2)8-14(7-12)19-10-15(9-17)18(5)16(3,4)11-19/h6-8,15H,9-11,17H2,1-5H3. The molecule has 3 heteroatoms. The number of nitrogens with two attached hydrogens (primary N) is 1. The van der Waals surface area contributed by atoms with Gasteiger partial charge in [-0.2, -0.15) is 0 Å². The Kier molecular flexibility index (Phi) is 3.88. The van der Waals surface area contributed by atoms with Crippen LogP contribution in [0.5, 0.6) is 0 Å². The van der Waals surface area contributed by atoms with E-state index in [1.165, 1.54) is 16.8 Å². The van der Waals surface area contributed by atoms with Crippen molar-refractivity contribution in [2.24, 2.45) is 5.73 Å².